The molecule has 0 N–H and O–H groups in total. The average molecular weight is 563 g/mol. The molecule has 2 atom stereocenters. The molecule has 2 fully saturated rings. The van der Waals surface area contributed by atoms with Crippen LogP contribution in [0.15, 0.2) is 48.5 Å². The van der Waals surface area contributed by atoms with Crippen molar-refractivity contribution in [1.82, 2.24) is 9.80 Å². The maximum atomic E-state index is 14.1. The van der Waals surface area contributed by atoms with Crippen LogP contribution in [0.2, 0.25) is 0 Å². The van der Waals surface area contributed by atoms with Gasteiger partial charge in [0.15, 0.2) is 11.6 Å². The lowest BCUT2D eigenvalue weighted by atomic mass is 9.83. The SMILES string of the molecule is CCOc1ccc(C(=O)[C@H](C[C@H](CN2CCCCCC2)C(=O)c2ccc(OCC)cc2)CN2CCCCCC2)cc1. The lowest BCUT2D eigenvalue weighted by Gasteiger charge is -2.31. The fourth-order valence-corrected chi connectivity index (χ4v) is 6.37. The van der Waals surface area contributed by atoms with Crippen molar-refractivity contribution >= 4 is 11.6 Å². The molecular weight excluding hydrogens is 512 g/mol. The monoisotopic (exact) mass is 562 g/mol. The van der Waals surface area contributed by atoms with Gasteiger partial charge < -0.3 is 19.3 Å². The van der Waals surface area contributed by atoms with Crippen LogP contribution in [0.5, 0.6) is 11.5 Å². The molecule has 224 valence electrons. The van der Waals surface area contributed by atoms with Gasteiger partial charge in [0, 0.05) is 36.1 Å². The molecule has 4 rings (SSSR count). The maximum Gasteiger partial charge on any atom is 0.167 e. The zero-order valence-electron chi connectivity index (χ0n) is 25.3. The highest BCUT2D eigenvalue weighted by molar-refractivity contribution is 6.00. The summed E-state index contributed by atoms with van der Waals surface area (Å²) in [6.45, 7) is 10.6. The van der Waals surface area contributed by atoms with Crippen molar-refractivity contribution in [2.24, 2.45) is 11.8 Å². The lowest BCUT2D eigenvalue weighted by Crippen LogP contribution is -2.39. The quantitative estimate of drug-likeness (QED) is 0.233. The van der Waals surface area contributed by atoms with Crippen molar-refractivity contribution in [1.29, 1.82) is 0 Å². The summed E-state index contributed by atoms with van der Waals surface area (Å²) in [5.74, 6) is 1.34. The van der Waals surface area contributed by atoms with Gasteiger partial charge in [-0.1, -0.05) is 25.7 Å². The minimum atomic E-state index is -0.241. The number of carbonyl (C=O) groups excluding carboxylic acids is 2. The summed E-state index contributed by atoms with van der Waals surface area (Å²) < 4.78 is 11.2. The number of carbonyl (C=O) groups is 2. The van der Waals surface area contributed by atoms with E-state index in [1.807, 2.05) is 62.4 Å². The molecule has 2 aliphatic rings. The Hall–Kier alpha value is -2.70. The van der Waals surface area contributed by atoms with E-state index in [0.29, 0.717) is 43.9 Å². The van der Waals surface area contributed by atoms with E-state index in [-0.39, 0.29) is 23.4 Å². The van der Waals surface area contributed by atoms with Crippen molar-refractivity contribution < 1.29 is 19.1 Å². The zero-order valence-corrected chi connectivity index (χ0v) is 25.3. The van der Waals surface area contributed by atoms with Gasteiger partial charge >= 0.3 is 0 Å². The van der Waals surface area contributed by atoms with E-state index < -0.39 is 0 Å². The molecule has 6 nitrogen and oxygen atoms in total. The second-order valence-corrected chi connectivity index (χ2v) is 11.7. The summed E-state index contributed by atoms with van der Waals surface area (Å²) in [7, 11) is 0. The Kier molecular flexibility index (Phi) is 12.7. The third kappa shape index (κ3) is 9.68. The molecule has 0 spiro atoms. The van der Waals surface area contributed by atoms with E-state index >= 15 is 0 Å². The highest BCUT2D eigenvalue weighted by Gasteiger charge is 2.32. The van der Waals surface area contributed by atoms with Crippen LogP contribution in [-0.2, 0) is 0 Å². The second kappa shape index (κ2) is 16.7. The number of hydrogen-bond donors (Lipinski definition) is 0. The van der Waals surface area contributed by atoms with Crippen LogP contribution in [0.1, 0.15) is 92.4 Å². The molecule has 2 heterocycles. The highest BCUT2D eigenvalue weighted by atomic mass is 16.5. The molecule has 6 heteroatoms. The lowest BCUT2D eigenvalue weighted by molar-refractivity contribution is 0.0775. The Morgan fingerprint density at radius 1 is 0.585 bits per heavy atom. The summed E-state index contributed by atoms with van der Waals surface area (Å²) in [5.41, 5.74) is 1.41. The van der Waals surface area contributed by atoms with Crippen LogP contribution < -0.4 is 9.47 Å². The van der Waals surface area contributed by atoms with E-state index in [1.54, 1.807) is 0 Å². The third-order valence-corrected chi connectivity index (χ3v) is 8.56. The fraction of sp³-hybridized carbons (Fsp3) is 0.600. The second-order valence-electron chi connectivity index (χ2n) is 11.7. The summed E-state index contributed by atoms with van der Waals surface area (Å²) in [6.07, 6.45) is 10.3. The number of likely N-dealkylation sites (tertiary alicyclic amines) is 2. The van der Waals surface area contributed by atoms with Crippen molar-refractivity contribution in [3.05, 3.63) is 59.7 Å². The minimum absolute atomic E-state index is 0.137. The zero-order chi connectivity index (χ0) is 28.9. The first-order valence-corrected chi connectivity index (χ1v) is 16.1. The molecule has 0 unspecified atom stereocenters. The Labute approximate surface area is 247 Å². The molecule has 0 aliphatic carbocycles. The first-order valence-electron chi connectivity index (χ1n) is 16.1. The normalized spacial score (nSPS) is 18.6. The summed E-state index contributed by atoms with van der Waals surface area (Å²) in [6, 6.07) is 15.1. The molecule has 2 saturated heterocycles. The summed E-state index contributed by atoms with van der Waals surface area (Å²) in [4.78, 5) is 33.2. The molecule has 0 bridgehead atoms. The van der Waals surface area contributed by atoms with Crippen LogP contribution in [0.4, 0.5) is 0 Å². The maximum absolute atomic E-state index is 14.1. The number of benzene rings is 2. The van der Waals surface area contributed by atoms with Gasteiger partial charge in [0.2, 0.25) is 0 Å². The van der Waals surface area contributed by atoms with Gasteiger partial charge in [-0.05, 0) is 121 Å². The number of hydrogen-bond acceptors (Lipinski definition) is 6. The molecule has 0 radical (unpaired) electrons. The average Bonchev–Trinajstić information content (AvgIpc) is 3.42. The van der Waals surface area contributed by atoms with Gasteiger partial charge in [-0.25, -0.2) is 0 Å². The topological polar surface area (TPSA) is 59.1 Å². The van der Waals surface area contributed by atoms with Gasteiger partial charge in [0.05, 0.1) is 13.2 Å². The summed E-state index contributed by atoms with van der Waals surface area (Å²) in [5, 5.41) is 0. The molecular formula is C35H50N2O4. The van der Waals surface area contributed by atoms with Crippen molar-refractivity contribution in [2.75, 3.05) is 52.5 Å². The number of rotatable bonds is 14. The smallest absolute Gasteiger partial charge is 0.167 e. The largest absolute Gasteiger partial charge is 0.494 e. The van der Waals surface area contributed by atoms with E-state index in [0.717, 1.165) is 37.7 Å². The van der Waals surface area contributed by atoms with Gasteiger partial charge in [-0.3, -0.25) is 9.59 Å². The number of nitrogens with zero attached hydrogens (tertiary/aromatic N) is 2. The minimum Gasteiger partial charge on any atom is -0.494 e. The van der Waals surface area contributed by atoms with Crippen LogP contribution in [0, 0.1) is 11.8 Å². The standard InChI is InChI=1S/C35H50N2O4/c1-3-40-32-17-13-28(14-18-32)34(38)30(26-36-21-9-5-6-10-22-36)25-31(27-37-23-11-7-8-12-24-37)35(39)29-15-19-33(20-16-29)41-4-2/h13-20,30-31H,3-12,21-27H2,1-2H3/t30-,31-/m1/s1. The van der Waals surface area contributed by atoms with E-state index in [4.69, 9.17) is 9.47 Å². The number of Topliss-reactive ketones (excluding diaryl/α,β-unsaturated/α-hetero) is 2. The van der Waals surface area contributed by atoms with Crippen LogP contribution in [-0.4, -0.2) is 73.8 Å². The van der Waals surface area contributed by atoms with Crippen molar-refractivity contribution in [3.63, 3.8) is 0 Å². The summed E-state index contributed by atoms with van der Waals surface area (Å²) >= 11 is 0. The predicted octanol–water partition coefficient (Wildman–Crippen LogP) is 6.92. The molecule has 41 heavy (non-hydrogen) atoms. The fourth-order valence-electron chi connectivity index (χ4n) is 6.37. The Morgan fingerprint density at radius 2 is 0.927 bits per heavy atom. The van der Waals surface area contributed by atoms with Crippen molar-refractivity contribution in [3.8, 4) is 11.5 Å². The van der Waals surface area contributed by atoms with Crippen molar-refractivity contribution in [2.45, 2.75) is 71.6 Å². The van der Waals surface area contributed by atoms with Gasteiger partial charge in [0.25, 0.3) is 0 Å². The third-order valence-electron chi connectivity index (χ3n) is 8.56. The van der Waals surface area contributed by atoms with E-state index in [1.165, 1.54) is 51.4 Å². The van der Waals surface area contributed by atoms with E-state index in [2.05, 4.69) is 9.80 Å². The predicted molar refractivity (Wildman–Crippen MR) is 165 cm³/mol. The Bertz CT molecular complexity index is 967. The van der Waals surface area contributed by atoms with Gasteiger partial charge in [-0.2, -0.15) is 0 Å². The highest BCUT2D eigenvalue weighted by Crippen LogP contribution is 2.27. The van der Waals surface area contributed by atoms with Crippen LogP contribution in [0.25, 0.3) is 0 Å². The molecule has 0 saturated carbocycles. The van der Waals surface area contributed by atoms with E-state index in [9.17, 15) is 9.59 Å². The molecule has 0 amide bonds. The van der Waals surface area contributed by atoms with Gasteiger partial charge in [-0.15, -0.1) is 0 Å². The first-order chi connectivity index (χ1) is 20.1. The molecule has 2 aliphatic heterocycles. The number of ketones is 2. The number of ether oxygens (including phenoxy) is 2. The molecule has 2 aromatic carbocycles. The van der Waals surface area contributed by atoms with Crippen LogP contribution >= 0.6 is 0 Å². The molecule has 0 aromatic heterocycles. The Morgan fingerprint density at radius 3 is 1.24 bits per heavy atom. The first kappa shape index (κ1) is 31.2. The Balaban J connectivity index is 1.60. The van der Waals surface area contributed by atoms with Gasteiger partial charge in [0.1, 0.15) is 11.5 Å². The molecule has 2 aromatic rings. The van der Waals surface area contributed by atoms with Crippen LogP contribution in [0.3, 0.4) is 0 Å².